The molecule has 0 saturated heterocycles. The van der Waals surface area contributed by atoms with Crippen LogP contribution in [0.4, 0.5) is 0 Å². The second-order valence-electron chi connectivity index (χ2n) is 4.91. The van der Waals surface area contributed by atoms with Crippen molar-refractivity contribution < 1.29 is 0 Å². The van der Waals surface area contributed by atoms with E-state index in [1.807, 2.05) is 0 Å². The Bertz CT molecular complexity index is 540. The first-order valence-electron chi connectivity index (χ1n) is 6.33. The summed E-state index contributed by atoms with van der Waals surface area (Å²) < 4.78 is 2.43. The smallest absolute Gasteiger partial charge is 0.110 e. The van der Waals surface area contributed by atoms with Crippen molar-refractivity contribution in [1.29, 1.82) is 0 Å². The molecule has 0 atom stereocenters. The summed E-state index contributed by atoms with van der Waals surface area (Å²) in [5.74, 6) is 1.93. The van der Waals surface area contributed by atoms with Crippen LogP contribution in [0.2, 0.25) is 0 Å². The highest BCUT2D eigenvalue weighted by molar-refractivity contribution is 6.17. The largest absolute Gasteiger partial charge is 0.325 e. The molecule has 0 spiro atoms. The molecule has 2 aromatic rings. The fourth-order valence-electron chi connectivity index (χ4n) is 2.40. The van der Waals surface area contributed by atoms with Crippen LogP contribution >= 0.6 is 11.6 Å². The highest BCUT2D eigenvalue weighted by Crippen LogP contribution is 2.39. The molecular formula is C14H17ClN2. The molecule has 90 valence electrons. The monoisotopic (exact) mass is 248 g/mol. The SMILES string of the molecule is Cc1ccc2c(c1)nc(CCCCl)n2C1CC1. The summed E-state index contributed by atoms with van der Waals surface area (Å²) in [4.78, 5) is 4.78. The van der Waals surface area contributed by atoms with Gasteiger partial charge in [-0.05, 0) is 43.9 Å². The third-order valence-electron chi connectivity index (χ3n) is 3.36. The third kappa shape index (κ3) is 2.06. The Morgan fingerprint density at radius 2 is 2.24 bits per heavy atom. The number of imidazole rings is 1. The summed E-state index contributed by atoms with van der Waals surface area (Å²) in [5, 5.41) is 0. The number of alkyl halides is 1. The van der Waals surface area contributed by atoms with E-state index in [2.05, 4.69) is 29.7 Å². The highest BCUT2D eigenvalue weighted by Gasteiger charge is 2.27. The van der Waals surface area contributed by atoms with Crippen LogP contribution in [0.5, 0.6) is 0 Å². The van der Waals surface area contributed by atoms with Gasteiger partial charge in [0.05, 0.1) is 11.0 Å². The number of halogens is 1. The van der Waals surface area contributed by atoms with E-state index in [1.165, 1.54) is 29.7 Å². The molecule has 3 heteroatoms. The van der Waals surface area contributed by atoms with Gasteiger partial charge in [-0.15, -0.1) is 11.6 Å². The van der Waals surface area contributed by atoms with Gasteiger partial charge in [-0.3, -0.25) is 0 Å². The number of benzene rings is 1. The van der Waals surface area contributed by atoms with Crippen molar-refractivity contribution in [3.05, 3.63) is 29.6 Å². The Hall–Kier alpha value is -1.02. The lowest BCUT2D eigenvalue weighted by Crippen LogP contribution is -2.01. The first-order valence-corrected chi connectivity index (χ1v) is 6.86. The van der Waals surface area contributed by atoms with Crippen molar-refractivity contribution in [1.82, 2.24) is 9.55 Å². The molecule has 1 saturated carbocycles. The number of rotatable bonds is 4. The van der Waals surface area contributed by atoms with Crippen LogP contribution in [0.3, 0.4) is 0 Å². The molecule has 1 aromatic carbocycles. The average molecular weight is 249 g/mol. The van der Waals surface area contributed by atoms with Gasteiger partial charge >= 0.3 is 0 Å². The van der Waals surface area contributed by atoms with E-state index in [4.69, 9.17) is 16.6 Å². The molecule has 1 fully saturated rings. The van der Waals surface area contributed by atoms with Crippen molar-refractivity contribution in [2.24, 2.45) is 0 Å². The molecule has 3 rings (SSSR count). The second-order valence-corrected chi connectivity index (χ2v) is 5.29. The average Bonchev–Trinajstić information content (AvgIpc) is 3.08. The van der Waals surface area contributed by atoms with Gasteiger partial charge in [-0.2, -0.15) is 0 Å². The zero-order chi connectivity index (χ0) is 11.8. The van der Waals surface area contributed by atoms with E-state index in [1.54, 1.807) is 0 Å². The minimum Gasteiger partial charge on any atom is -0.325 e. The Balaban J connectivity index is 2.09. The van der Waals surface area contributed by atoms with Crippen LogP contribution < -0.4 is 0 Å². The molecule has 0 amide bonds. The Kier molecular flexibility index (Phi) is 2.83. The Labute approximate surface area is 107 Å². The molecule has 1 aliphatic rings. The molecule has 0 unspecified atom stereocenters. The van der Waals surface area contributed by atoms with Gasteiger partial charge in [0.25, 0.3) is 0 Å². The van der Waals surface area contributed by atoms with Gasteiger partial charge in [-0.1, -0.05) is 6.07 Å². The van der Waals surface area contributed by atoms with E-state index in [-0.39, 0.29) is 0 Å². The molecule has 17 heavy (non-hydrogen) atoms. The molecular weight excluding hydrogens is 232 g/mol. The van der Waals surface area contributed by atoms with Crippen LogP contribution in [0.15, 0.2) is 18.2 Å². The molecule has 0 N–H and O–H groups in total. The number of fused-ring (bicyclic) bond motifs is 1. The standard InChI is InChI=1S/C14H17ClN2/c1-10-4-7-13-12(9-10)16-14(3-2-8-15)17(13)11-5-6-11/h4,7,9,11H,2-3,5-6,8H2,1H3. The third-order valence-corrected chi connectivity index (χ3v) is 3.63. The van der Waals surface area contributed by atoms with E-state index in [0.717, 1.165) is 18.4 Å². The Morgan fingerprint density at radius 3 is 2.94 bits per heavy atom. The lowest BCUT2D eigenvalue weighted by atomic mass is 10.2. The predicted octanol–water partition coefficient (Wildman–Crippen LogP) is 3.85. The van der Waals surface area contributed by atoms with Crippen LogP contribution in [-0.2, 0) is 6.42 Å². The summed E-state index contributed by atoms with van der Waals surface area (Å²) >= 11 is 5.79. The van der Waals surface area contributed by atoms with Crippen LogP contribution in [0.25, 0.3) is 11.0 Å². The number of aryl methyl sites for hydroxylation is 2. The zero-order valence-electron chi connectivity index (χ0n) is 10.1. The van der Waals surface area contributed by atoms with Gasteiger partial charge < -0.3 is 4.57 Å². The predicted molar refractivity (Wildman–Crippen MR) is 71.8 cm³/mol. The summed E-state index contributed by atoms with van der Waals surface area (Å²) in [6.07, 6.45) is 4.60. The van der Waals surface area contributed by atoms with Gasteiger partial charge in [0.15, 0.2) is 0 Å². The van der Waals surface area contributed by atoms with Crippen LogP contribution in [-0.4, -0.2) is 15.4 Å². The fraction of sp³-hybridized carbons (Fsp3) is 0.500. The minimum atomic E-state index is 0.688. The van der Waals surface area contributed by atoms with Crippen molar-refractivity contribution >= 4 is 22.6 Å². The van der Waals surface area contributed by atoms with Gasteiger partial charge in [-0.25, -0.2) is 4.98 Å². The summed E-state index contributed by atoms with van der Waals surface area (Å²) in [7, 11) is 0. The maximum Gasteiger partial charge on any atom is 0.110 e. The maximum absolute atomic E-state index is 5.79. The van der Waals surface area contributed by atoms with Gasteiger partial charge in [0.1, 0.15) is 5.82 Å². The van der Waals surface area contributed by atoms with E-state index in [9.17, 15) is 0 Å². The molecule has 0 radical (unpaired) electrons. The molecule has 1 aliphatic carbocycles. The minimum absolute atomic E-state index is 0.688. The zero-order valence-corrected chi connectivity index (χ0v) is 10.9. The first-order chi connectivity index (χ1) is 8.29. The summed E-state index contributed by atoms with van der Waals surface area (Å²) in [5.41, 5.74) is 3.71. The van der Waals surface area contributed by atoms with Crippen molar-refractivity contribution in [2.75, 3.05) is 5.88 Å². The van der Waals surface area contributed by atoms with Crippen molar-refractivity contribution in [2.45, 2.75) is 38.6 Å². The van der Waals surface area contributed by atoms with Gasteiger partial charge in [0, 0.05) is 18.3 Å². The topological polar surface area (TPSA) is 17.8 Å². The molecule has 0 bridgehead atoms. The van der Waals surface area contributed by atoms with Crippen molar-refractivity contribution in [3.63, 3.8) is 0 Å². The first kappa shape index (κ1) is 11.1. The van der Waals surface area contributed by atoms with Crippen LogP contribution in [0.1, 0.15) is 36.7 Å². The normalized spacial score (nSPS) is 15.6. The second kappa shape index (κ2) is 4.34. The van der Waals surface area contributed by atoms with E-state index < -0.39 is 0 Å². The lowest BCUT2D eigenvalue weighted by Gasteiger charge is -2.06. The molecule has 1 aromatic heterocycles. The summed E-state index contributed by atoms with van der Waals surface area (Å²) in [6, 6.07) is 7.25. The quantitative estimate of drug-likeness (QED) is 0.752. The van der Waals surface area contributed by atoms with Crippen molar-refractivity contribution in [3.8, 4) is 0 Å². The van der Waals surface area contributed by atoms with E-state index >= 15 is 0 Å². The molecule has 2 nitrogen and oxygen atoms in total. The van der Waals surface area contributed by atoms with Crippen LogP contribution in [0, 0.1) is 6.92 Å². The molecule has 0 aliphatic heterocycles. The number of hydrogen-bond donors (Lipinski definition) is 0. The fourth-order valence-corrected chi connectivity index (χ4v) is 2.53. The van der Waals surface area contributed by atoms with Gasteiger partial charge in [0.2, 0.25) is 0 Å². The number of nitrogens with zero attached hydrogens (tertiary/aromatic N) is 2. The Morgan fingerprint density at radius 1 is 1.41 bits per heavy atom. The number of aromatic nitrogens is 2. The maximum atomic E-state index is 5.79. The highest BCUT2D eigenvalue weighted by atomic mass is 35.5. The number of hydrogen-bond acceptors (Lipinski definition) is 1. The van der Waals surface area contributed by atoms with E-state index in [0.29, 0.717) is 11.9 Å². The lowest BCUT2D eigenvalue weighted by molar-refractivity contribution is 0.687. The summed E-state index contributed by atoms with van der Waals surface area (Å²) in [6.45, 7) is 2.12. The molecule has 1 heterocycles.